The van der Waals surface area contributed by atoms with Gasteiger partial charge in [0.05, 0.1) is 23.1 Å². The van der Waals surface area contributed by atoms with Gasteiger partial charge in [0, 0.05) is 16.9 Å². The van der Waals surface area contributed by atoms with Crippen LogP contribution < -0.4 is 0 Å². The lowest BCUT2D eigenvalue weighted by Gasteiger charge is -2.19. The zero-order valence-corrected chi connectivity index (χ0v) is 15.3. The molecule has 2 amide bonds. The molecule has 3 rings (SSSR count). The number of benzene rings is 1. The van der Waals surface area contributed by atoms with Gasteiger partial charge >= 0.3 is 0 Å². The van der Waals surface area contributed by atoms with E-state index in [0.29, 0.717) is 28.7 Å². The molecule has 0 radical (unpaired) electrons. The minimum Gasteiger partial charge on any atom is -0.376 e. The first-order valence-electron chi connectivity index (χ1n) is 8.12. The zero-order chi connectivity index (χ0) is 17.3. The molecule has 2 aliphatic heterocycles. The third-order valence-corrected chi connectivity index (χ3v) is 5.36. The second-order valence-corrected chi connectivity index (χ2v) is 8.26. The van der Waals surface area contributed by atoms with E-state index in [-0.39, 0.29) is 23.2 Å². The summed E-state index contributed by atoms with van der Waals surface area (Å²) in [6.45, 7) is 5.05. The number of amides is 2. The fraction of sp³-hybridized carbons (Fsp3) is 0.444. The lowest BCUT2D eigenvalue weighted by molar-refractivity contribution is -0.138. The van der Waals surface area contributed by atoms with Crippen molar-refractivity contribution in [3.63, 3.8) is 0 Å². The molecule has 1 aromatic rings. The van der Waals surface area contributed by atoms with E-state index >= 15 is 0 Å². The van der Waals surface area contributed by atoms with Crippen molar-refractivity contribution in [2.45, 2.75) is 38.0 Å². The van der Waals surface area contributed by atoms with E-state index in [1.165, 1.54) is 16.7 Å². The molecular formula is C18H20ClNO3S. The molecule has 128 valence electrons. The molecule has 4 nitrogen and oxygen atoms in total. The molecule has 0 spiro atoms. The van der Waals surface area contributed by atoms with Gasteiger partial charge in [0.1, 0.15) is 0 Å². The first-order chi connectivity index (χ1) is 11.5. The second kappa shape index (κ2) is 7.30. The van der Waals surface area contributed by atoms with Gasteiger partial charge < -0.3 is 4.74 Å². The van der Waals surface area contributed by atoms with Gasteiger partial charge in [0.2, 0.25) is 0 Å². The van der Waals surface area contributed by atoms with Crippen molar-refractivity contribution in [2.24, 2.45) is 0 Å². The number of hydrogen-bond acceptors (Lipinski definition) is 4. The monoisotopic (exact) mass is 365 g/mol. The number of hydrogen-bond donors (Lipinski definition) is 0. The molecule has 1 fully saturated rings. The highest BCUT2D eigenvalue weighted by Crippen LogP contribution is 2.38. The molecule has 1 saturated heterocycles. The van der Waals surface area contributed by atoms with Crippen LogP contribution in [0, 0.1) is 0 Å². The highest BCUT2D eigenvalue weighted by molar-refractivity contribution is 8.04. The van der Waals surface area contributed by atoms with E-state index in [4.69, 9.17) is 16.3 Å². The summed E-state index contributed by atoms with van der Waals surface area (Å²) in [7, 11) is 0. The van der Waals surface area contributed by atoms with Crippen LogP contribution in [0.2, 0.25) is 5.02 Å². The molecule has 0 N–H and O–H groups in total. The Morgan fingerprint density at radius 1 is 1.25 bits per heavy atom. The van der Waals surface area contributed by atoms with E-state index in [2.05, 4.69) is 0 Å². The Kier molecular flexibility index (Phi) is 5.33. The van der Waals surface area contributed by atoms with Crippen LogP contribution in [0.25, 0.3) is 5.57 Å². The SMILES string of the molecule is CC(C)SC1=C(c2ccc(Cl)cc2)C(=O)N(CC2CCCO2)C1=O. The van der Waals surface area contributed by atoms with Crippen LogP contribution in [0.1, 0.15) is 32.3 Å². The maximum absolute atomic E-state index is 12.9. The van der Waals surface area contributed by atoms with Crippen molar-refractivity contribution in [2.75, 3.05) is 13.2 Å². The Bertz CT molecular complexity index is 678. The molecule has 2 heterocycles. The van der Waals surface area contributed by atoms with Gasteiger partial charge in [-0.05, 0) is 30.5 Å². The standard InChI is InChI=1S/C18H20ClNO3S/c1-11(2)24-16-15(12-5-7-13(19)8-6-12)17(21)20(18(16)22)10-14-4-3-9-23-14/h5-8,11,14H,3-4,9-10H2,1-2H3. The van der Waals surface area contributed by atoms with Crippen molar-refractivity contribution in [1.82, 2.24) is 4.90 Å². The highest BCUT2D eigenvalue weighted by Gasteiger charge is 2.40. The largest absolute Gasteiger partial charge is 0.376 e. The summed E-state index contributed by atoms with van der Waals surface area (Å²) in [5.74, 6) is -0.444. The fourth-order valence-corrected chi connectivity index (χ4v) is 4.06. The molecule has 1 unspecified atom stereocenters. The normalized spacial score (nSPS) is 21.5. The molecule has 6 heteroatoms. The van der Waals surface area contributed by atoms with Crippen LogP contribution in [0.3, 0.4) is 0 Å². The number of imide groups is 1. The number of halogens is 1. The predicted octanol–water partition coefficient (Wildman–Crippen LogP) is 3.74. The molecule has 24 heavy (non-hydrogen) atoms. The minimum absolute atomic E-state index is 0.0484. The average molecular weight is 366 g/mol. The van der Waals surface area contributed by atoms with Crippen LogP contribution in [-0.2, 0) is 14.3 Å². The number of rotatable bonds is 5. The number of nitrogens with zero attached hydrogens (tertiary/aromatic N) is 1. The van der Waals surface area contributed by atoms with Crippen molar-refractivity contribution in [3.05, 3.63) is 39.8 Å². The molecule has 1 aromatic carbocycles. The maximum atomic E-state index is 12.9. The second-order valence-electron chi connectivity index (χ2n) is 6.23. The fourth-order valence-electron chi connectivity index (χ4n) is 2.93. The molecule has 0 saturated carbocycles. The van der Waals surface area contributed by atoms with Gasteiger partial charge in [-0.3, -0.25) is 14.5 Å². The van der Waals surface area contributed by atoms with Gasteiger partial charge in [-0.15, -0.1) is 11.8 Å². The van der Waals surface area contributed by atoms with Crippen LogP contribution in [-0.4, -0.2) is 41.2 Å². The van der Waals surface area contributed by atoms with E-state index in [1.54, 1.807) is 24.3 Å². The highest BCUT2D eigenvalue weighted by atomic mass is 35.5. The molecule has 0 aromatic heterocycles. The van der Waals surface area contributed by atoms with E-state index in [0.717, 1.165) is 18.4 Å². The Labute approximate surface area is 151 Å². The van der Waals surface area contributed by atoms with Crippen LogP contribution >= 0.6 is 23.4 Å². The first-order valence-corrected chi connectivity index (χ1v) is 9.38. The summed E-state index contributed by atoms with van der Waals surface area (Å²) < 4.78 is 5.60. The van der Waals surface area contributed by atoms with Gasteiger partial charge in [-0.25, -0.2) is 0 Å². The first kappa shape index (κ1) is 17.5. The van der Waals surface area contributed by atoms with Crippen molar-refractivity contribution in [1.29, 1.82) is 0 Å². The number of carbonyl (C=O) groups excluding carboxylic acids is 2. The van der Waals surface area contributed by atoms with Crippen molar-refractivity contribution in [3.8, 4) is 0 Å². The van der Waals surface area contributed by atoms with Crippen LogP contribution in [0.4, 0.5) is 0 Å². The Balaban J connectivity index is 1.93. The quantitative estimate of drug-likeness (QED) is 0.746. The lowest BCUT2D eigenvalue weighted by atomic mass is 10.1. The number of thioether (sulfide) groups is 1. The summed E-state index contributed by atoms with van der Waals surface area (Å²) >= 11 is 7.38. The van der Waals surface area contributed by atoms with Crippen LogP contribution in [0.15, 0.2) is 29.2 Å². The molecule has 1 atom stereocenters. The molecule has 2 aliphatic rings. The number of ether oxygens (including phenoxy) is 1. The summed E-state index contributed by atoms with van der Waals surface area (Å²) in [4.78, 5) is 27.6. The number of carbonyl (C=O) groups is 2. The Hall–Kier alpha value is -1.30. The summed E-state index contributed by atoms with van der Waals surface area (Å²) in [6, 6.07) is 7.06. The van der Waals surface area contributed by atoms with Gasteiger partial charge in [0.25, 0.3) is 11.8 Å². The van der Waals surface area contributed by atoms with Gasteiger partial charge in [0.15, 0.2) is 0 Å². The topological polar surface area (TPSA) is 46.6 Å². The lowest BCUT2D eigenvalue weighted by Crippen LogP contribution is -2.37. The van der Waals surface area contributed by atoms with E-state index in [9.17, 15) is 9.59 Å². The smallest absolute Gasteiger partial charge is 0.268 e. The van der Waals surface area contributed by atoms with Crippen molar-refractivity contribution < 1.29 is 14.3 Å². The third kappa shape index (κ3) is 3.53. The van der Waals surface area contributed by atoms with Crippen LogP contribution in [0.5, 0.6) is 0 Å². The minimum atomic E-state index is -0.235. The predicted molar refractivity (Wildman–Crippen MR) is 96.8 cm³/mol. The van der Waals surface area contributed by atoms with E-state index < -0.39 is 0 Å². The van der Waals surface area contributed by atoms with Crippen molar-refractivity contribution >= 4 is 40.8 Å². The van der Waals surface area contributed by atoms with Gasteiger partial charge in [-0.2, -0.15) is 0 Å². The average Bonchev–Trinajstić information content (AvgIpc) is 3.12. The van der Waals surface area contributed by atoms with E-state index in [1.807, 2.05) is 13.8 Å². The molecule has 0 aliphatic carbocycles. The Morgan fingerprint density at radius 3 is 2.54 bits per heavy atom. The summed E-state index contributed by atoms with van der Waals surface area (Å²) in [5.41, 5.74) is 1.21. The zero-order valence-electron chi connectivity index (χ0n) is 13.8. The van der Waals surface area contributed by atoms with Gasteiger partial charge in [-0.1, -0.05) is 37.6 Å². The summed E-state index contributed by atoms with van der Waals surface area (Å²) in [6.07, 6.45) is 1.82. The molecular weight excluding hydrogens is 346 g/mol. The summed E-state index contributed by atoms with van der Waals surface area (Å²) in [5, 5.41) is 0.812. The third-order valence-electron chi connectivity index (χ3n) is 4.02. The molecule has 0 bridgehead atoms. The Morgan fingerprint density at radius 2 is 1.96 bits per heavy atom. The maximum Gasteiger partial charge on any atom is 0.268 e.